The lowest BCUT2D eigenvalue weighted by Gasteiger charge is -2.34. The van der Waals surface area contributed by atoms with Crippen LogP contribution in [-0.4, -0.2) is 52.7 Å². The molecule has 0 spiro atoms. The molecule has 2 aromatic carbocycles. The molecule has 0 atom stereocenters. The normalized spacial score (nSPS) is 15.1. The van der Waals surface area contributed by atoms with Gasteiger partial charge in [0.25, 0.3) is 5.91 Å². The van der Waals surface area contributed by atoms with E-state index in [4.69, 9.17) is 0 Å². The molecule has 1 saturated heterocycles. The van der Waals surface area contributed by atoms with Crippen LogP contribution in [0.15, 0.2) is 48.5 Å². The van der Waals surface area contributed by atoms with E-state index < -0.39 is 0 Å². The number of nitrogens with zero attached hydrogens (tertiary/aromatic N) is 2. The van der Waals surface area contributed by atoms with Crippen LogP contribution in [0.2, 0.25) is 0 Å². The van der Waals surface area contributed by atoms with Crippen LogP contribution in [0.25, 0.3) is 10.9 Å². The highest BCUT2D eigenvalue weighted by Gasteiger charge is 2.27. The van der Waals surface area contributed by atoms with Crippen molar-refractivity contribution in [3.8, 4) is 0 Å². The van der Waals surface area contributed by atoms with E-state index in [0.29, 0.717) is 24.3 Å². The summed E-state index contributed by atoms with van der Waals surface area (Å²) < 4.78 is 13.0. The summed E-state index contributed by atoms with van der Waals surface area (Å²) in [7, 11) is 0. The molecule has 1 amide bonds. The van der Waals surface area contributed by atoms with Crippen molar-refractivity contribution in [2.75, 3.05) is 26.2 Å². The second kappa shape index (κ2) is 7.56. The topological polar surface area (TPSA) is 56.4 Å². The van der Waals surface area contributed by atoms with Gasteiger partial charge in [-0.2, -0.15) is 0 Å². The van der Waals surface area contributed by atoms with Crippen molar-refractivity contribution in [1.82, 2.24) is 14.8 Å². The van der Waals surface area contributed by atoms with Gasteiger partial charge >= 0.3 is 0 Å². The molecule has 5 nitrogen and oxygen atoms in total. The number of para-hydroxylation sites is 1. The van der Waals surface area contributed by atoms with Gasteiger partial charge in [-0.15, -0.1) is 0 Å². The molecule has 6 heteroatoms. The molecular weight excluding hydrogens is 357 g/mol. The summed E-state index contributed by atoms with van der Waals surface area (Å²) in [6, 6.07) is 14.0. The van der Waals surface area contributed by atoms with Gasteiger partial charge in [-0.1, -0.05) is 30.3 Å². The maximum absolute atomic E-state index is 13.1. The number of ketones is 1. The highest BCUT2D eigenvalue weighted by atomic mass is 19.1. The summed E-state index contributed by atoms with van der Waals surface area (Å²) in [6.07, 6.45) is 0. The Morgan fingerprint density at radius 3 is 2.36 bits per heavy atom. The number of aromatic amines is 1. The van der Waals surface area contributed by atoms with Gasteiger partial charge in [0.2, 0.25) is 0 Å². The number of carbonyl (C=O) groups is 2. The average molecular weight is 379 g/mol. The van der Waals surface area contributed by atoms with Gasteiger partial charge in [0.15, 0.2) is 5.78 Å². The number of nitrogens with one attached hydrogen (secondary N) is 1. The van der Waals surface area contributed by atoms with E-state index in [1.54, 1.807) is 17.0 Å². The lowest BCUT2D eigenvalue weighted by molar-refractivity contribution is 0.0620. The van der Waals surface area contributed by atoms with Crippen molar-refractivity contribution in [1.29, 1.82) is 0 Å². The van der Waals surface area contributed by atoms with Crippen molar-refractivity contribution < 1.29 is 14.0 Å². The Hall–Kier alpha value is -2.99. The Morgan fingerprint density at radius 2 is 1.68 bits per heavy atom. The molecule has 144 valence electrons. The molecule has 1 aliphatic rings. The molecule has 0 radical (unpaired) electrons. The zero-order valence-electron chi connectivity index (χ0n) is 15.7. The Morgan fingerprint density at radius 1 is 1.00 bits per heavy atom. The summed E-state index contributed by atoms with van der Waals surface area (Å²) >= 11 is 0. The molecule has 28 heavy (non-hydrogen) atoms. The molecule has 4 rings (SSSR count). The van der Waals surface area contributed by atoms with Gasteiger partial charge in [-0.3, -0.25) is 14.5 Å². The quantitative estimate of drug-likeness (QED) is 0.707. The summed E-state index contributed by atoms with van der Waals surface area (Å²) in [5.41, 5.74) is 2.69. The van der Waals surface area contributed by atoms with Gasteiger partial charge < -0.3 is 9.88 Å². The second-order valence-corrected chi connectivity index (χ2v) is 7.17. The van der Waals surface area contributed by atoms with Crippen LogP contribution in [0.1, 0.15) is 33.3 Å². The predicted octanol–water partition coefficient (Wildman–Crippen LogP) is 3.47. The number of rotatable bonds is 4. The smallest absolute Gasteiger partial charge is 0.271 e. The molecule has 0 bridgehead atoms. The fourth-order valence-corrected chi connectivity index (χ4v) is 3.78. The summed E-state index contributed by atoms with van der Waals surface area (Å²) in [4.78, 5) is 32.4. The Bertz CT molecular complexity index is 1020. The van der Waals surface area contributed by atoms with Gasteiger partial charge in [0, 0.05) is 43.6 Å². The van der Waals surface area contributed by atoms with E-state index in [1.807, 2.05) is 24.3 Å². The molecule has 1 aromatic heterocycles. The van der Waals surface area contributed by atoms with Crippen molar-refractivity contribution in [3.63, 3.8) is 0 Å². The molecule has 0 aliphatic carbocycles. The van der Waals surface area contributed by atoms with Crippen LogP contribution in [0.3, 0.4) is 0 Å². The van der Waals surface area contributed by atoms with Crippen LogP contribution in [0, 0.1) is 5.82 Å². The van der Waals surface area contributed by atoms with Crippen molar-refractivity contribution in [2.24, 2.45) is 0 Å². The van der Waals surface area contributed by atoms with Crippen LogP contribution in [0.4, 0.5) is 4.39 Å². The first-order chi connectivity index (χ1) is 13.5. The highest BCUT2D eigenvalue weighted by Crippen LogP contribution is 2.24. The molecule has 3 aromatic rings. The van der Waals surface area contributed by atoms with E-state index in [-0.39, 0.29) is 17.5 Å². The fraction of sp³-hybridized carbons (Fsp3) is 0.273. The number of H-pyrrole nitrogens is 1. The summed E-state index contributed by atoms with van der Waals surface area (Å²) in [5.74, 6) is -0.489. The van der Waals surface area contributed by atoms with Crippen LogP contribution in [-0.2, 0) is 6.54 Å². The first-order valence-corrected chi connectivity index (χ1v) is 9.40. The lowest BCUT2D eigenvalue weighted by Crippen LogP contribution is -2.48. The molecule has 1 aliphatic heterocycles. The number of piperazine rings is 1. The summed E-state index contributed by atoms with van der Waals surface area (Å²) in [5, 5.41) is 0.785. The van der Waals surface area contributed by atoms with E-state index in [2.05, 4.69) is 9.88 Å². The number of fused-ring (bicyclic) bond motifs is 1. The molecule has 1 fully saturated rings. The van der Waals surface area contributed by atoms with E-state index in [9.17, 15) is 14.0 Å². The Labute approximate surface area is 162 Å². The molecule has 2 heterocycles. The number of Topliss-reactive ketones (excluding diaryl/α,β-unsaturated/α-hetero) is 1. The molecule has 1 N–H and O–H groups in total. The monoisotopic (exact) mass is 379 g/mol. The van der Waals surface area contributed by atoms with Gasteiger partial charge in [0.1, 0.15) is 11.5 Å². The van der Waals surface area contributed by atoms with Crippen LogP contribution in [0.5, 0.6) is 0 Å². The van der Waals surface area contributed by atoms with Gasteiger partial charge in [0.05, 0.1) is 5.56 Å². The minimum absolute atomic E-state index is 0.115. The van der Waals surface area contributed by atoms with Crippen molar-refractivity contribution in [2.45, 2.75) is 13.5 Å². The third-order valence-electron chi connectivity index (χ3n) is 5.25. The zero-order valence-corrected chi connectivity index (χ0v) is 15.7. The number of amides is 1. The zero-order chi connectivity index (χ0) is 19.7. The number of hydrogen-bond acceptors (Lipinski definition) is 3. The SMILES string of the molecule is CC(=O)c1c(C(=O)N2CCN(Cc3ccc(F)cc3)CC2)[nH]c2ccccc12. The van der Waals surface area contributed by atoms with E-state index >= 15 is 0 Å². The standard InChI is InChI=1S/C22H22FN3O2/c1-15(27)20-18-4-2-3-5-19(18)24-21(20)22(28)26-12-10-25(11-13-26)14-16-6-8-17(23)9-7-16/h2-9,24H,10-14H2,1H3. The number of carbonyl (C=O) groups excluding carboxylic acids is 2. The maximum Gasteiger partial charge on any atom is 0.271 e. The van der Waals surface area contributed by atoms with Crippen molar-refractivity contribution >= 4 is 22.6 Å². The third kappa shape index (κ3) is 3.55. The lowest BCUT2D eigenvalue weighted by atomic mass is 10.1. The minimum Gasteiger partial charge on any atom is -0.350 e. The molecular formula is C22H22FN3O2. The number of benzene rings is 2. The van der Waals surface area contributed by atoms with E-state index in [0.717, 1.165) is 36.1 Å². The third-order valence-corrected chi connectivity index (χ3v) is 5.25. The first-order valence-electron chi connectivity index (χ1n) is 9.40. The minimum atomic E-state index is -0.237. The maximum atomic E-state index is 13.1. The van der Waals surface area contributed by atoms with Crippen LogP contribution >= 0.6 is 0 Å². The first kappa shape index (κ1) is 18.4. The largest absolute Gasteiger partial charge is 0.350 e. The van der Waals surface area contributed by atoms with Gasteiger partial charge in [-0.05, 0) is 30.7 Å². The average Bonchev–Trinajstić information content (AvgIpc) is 3.09. The summed E-state index contributed by atoms with van der Waals surface area (Å²) in [6.45, 7) is 4.87. The molecule has 0 unspecified atom stereocenters. The number of hydrogen-bond donors (Lipinski definition) is 1. The van der Waals surface area contributed by atoms with Crippen LogP contribution < -0.4 is 0 Å². The highest BCUT2D eigenvalue weighted by molar-refractivity contribution is 6.15. The number of aromatic nitrogens is 1. The second-order valence-electron chi connectivity index (χ2n) is 7.17. The van der Waals surface area contributed by atoms with E-state index in [1.165, 1.54) is 19.1 Å². The Kier molecular flexibility index (Phi) is 4.96. The Balaban J connectivity index is 1.47. The fourth-order valence-electron chi connectivity index (χ4n) is 3.78. The molecule has 0 saturated carbocycles. The predicted molar refractivity (Wildman–Crippen MR) is 106 cm³/mol. The van der Waals surface area contributed by atoms with Gasteiger partial charge in [-0.25, -0.2) is 4.39 Å². The number of halogens is 1. The van der Waals surface area contributed by atoms with Crippen molar-refractivity contribution in [3.05, 3.63) is 71.2 Å².